The monoisotopic (exact) mass is 351 g/mol. The van der Waals surface area contributed by atoms with E-state index in [4.69, 9.17) is 14.5 Å². The van der Waals surface area contributed by atoms with Crippen LogP contribution in [0.4, 0.5) is 0 Å². The summed E-state index contributed by atoms with van der Waals surface area (Å²) in [6.45, 7) is 3.64. The molecule has 2 aromatic carbocycles. The SMILES string of the molecule is CCCCCCC1=NCCc2c1ccc(OC)c2OCc1ccccc1. The highest BCUT2D eigenvalue weighted by Crippen LogP contribution is 2.37. The Balaban J connectivity index is 1.79. The number of fused-ring (bicyclic) bond motifs is 1. The zero-order valence-corrected chi connectivity index (χ0v) is 16.0. The molecule has 0 radical (unpaired) electrons. The average molecular weight is 351 g/mol. The van der Waals surface area contributed by atoms with Gasteiger partial charge in [0.1, 0.15) is 6.61 Å². The maximum Gasteiger partial charge on any atom is 0.165 e. The van der Waals surface area contributed by atoms with Gasteiger partial charge in [-0.3, -0.25) is 4.99 Å². The second kappa shape index (κ2) is 9.42. The van der Waals surface area contributed by atoms with Crippen LogP contribution in [-0.2, 0) is 13.0 Å². The van der Waals surface area contributed by atoms with Crippen LogP contribution < -0.4 is 9.47 Å². The van der Waals surface area contributed by atoms with Crippen LogP contribution in [0.5, 0.6) is 11.5 Å². The Labute approximate surface area is 157 Å². The summed E-state index contributed by atoms with van der Waals surface area (Å²) in [4.78, 5) is 4.80. The number of rotatable bonds is 9. The Morgan fingerprint density at radius 2 is 1.85 bits per heavy atom. The molecule has 0 unspecified atom stereocenters. The van der Waals surface area contributed by atoms with Crippen LogP contribution >= 0.6 is 0 Å². The van der Waals surface area contributed by atoms with Crippen LogP contribution in [0.3, 0.4) is 0 Å². The van der Waals surface area contributed by atoms with Crippen molar-refractivity contribution < 1.29 is 9.47 Å². The molecule has 0 saturated heterocycles. The molecule has 2 aromatic rings. The zero-order chi connectivity index (χ0) is 18.2. The Morgan fingerprint density at radius 3 is 2.62 bits per heavy atom. The lowest BCUT2D eigenvalue weighted by Gasteiger charge is -2.22. The van der Waals surface area contributed by atoms with Gasteiger partial charge in [0.25, 0.3) is 0 Å². The van der Waals surface area contributed by atoms with Gasteiger partial charge >= 0.3 is 0 Å². The van der Waals surface area contributed by atoms with Crippen molar-refractivity contribution >= 4 is 5.71 Å². The summed E-state index contributed by atoms with van der Waals surface area (Å²) in [5.74, 6) is 1.70. The van der Waals surface area contributed by atoms with Crippen LogP contribution in [0.2, 0.25) is 0 Å². The smallest absolute Gasteiger partial charge is 0.165 e. The molecule has 1 aliphatic heterocycles. The van der Waals surface area contributed by atoms with Gasteiger partial charge in [-0.1, -0.05) is 56.5 Å². The van der Waals surface area contributed by atoms with Crippen molar-refractivity contribution in [1.82, 2.24) is 0 Å². The van der Waals surface area contributed by atoms with Gasteiger partial charge in [0, 0.05) is 23.4 Å². The first-order valence-corrected chi connectivity index (χ1v) is 9.73. The maximum atomic E-state index is 6.22. The topological polar surface area (TPSA) is 30.8 Å². The fourth-order valence-electron chi connectivity index (χ4n) is 3.49. The van der Waals surface area contributed by atoms with E-state index in [1.165, 1.54) is 42.5 Å². The molecule has 0 fully saturated rings. The van der Waals surface area contributed by atoms with Crippen molar-refractivity contribution in [3.8, 4) is 11.5 Å². The summed E-state index contributed by atoms with van der Waals surface area (Å²) >= 11 is 0. The molecule has 0 N–H and O–H groups in total. The van der Waals surface area contributed by atoms with Crippen LogP contribution in [0.15, 0.2) is 47.5 Å². The van der Waals surface area contributed by atoms with Gasteiger partial charge in [-0.05, 0) is 37.0 Å². The van der Waals surface area contributed by atoms with Crippen LogP contribution in [-0.4, -0.2) is 19.4 Å². The molecule has 3 nitrogen and oxygen atoms in total. The molecule has 0 bridgehead atoms. The van der Waals surface area contributed by atoms with Gasteiger partial charge in [0.2, 0.25) is 0 Å². The molecule has 0 spiro atoms. The molecule has 0 saturated carbocycles. The van der Waals surface area contributed by atoms with Crippen molar-refractivity contribution in [3.63, 3.8) is 0 Å². The van der Waals surface area contributed by atoms with Gasteiger partial charge < -0.3 is 9.47 Å². The average Bonchev–Trinajstić information content (AvgIpc) is 2.70. The van der Waals surface area contributed by atoms with Gasteiger partial charge in [0.05, 0.1) is 7.11 Å². The lowest BCUT2D eigenvalue weighted by Crippen LogP contribution is -2.15. The second-order valence-electron chi connectivity index (χ2n) is 6.79. The van der Waals surface area contributed by atoms with Crippen molar-refractivity contribution in [1.29, 1.82) is 0 Å². The van der Waals surface area contributed by atoms with Crippen LogP contribution in [0.1, 0.15) is 55.7 Å². The first kappa shape index (κ1) is 18.5. The quantitative estimate of drug-likeness (QED) is 0.551. The van der Waals surface area contributed by atoms with E-state index in [0.29, 0.717) is 6.61 Å². The van der Waals surface area contributed by atoms with E-state index in [9.17, 15) is 0 Å². The molecule has 0 aromatic heterocycles. The predicted molar refractivity (Wildman–Crippen MR) is 108 cm³/mol. The Hall–Kier alpha value is -2.29. The van der Waals surface area contributed by atoms with Crippen molar-refractivity contribution in [2.24, 2.45) is 4.99 Å². The lowest BCUT2D eigenvalue weighted by atomic mass is 9.93. The molecular weight excluding hydrogens is 322 g/mol. The number of ether oxygens (including phenoxy) is 2. The summed E-state index contributed by atoms with van der Waals surface area (Å²) < 4.78 is 11.8. The number of hydrogen-bond donors (Lipinski definition) is 0. The van der Waals surface area contributed by atoms with E-state index < -0.39 is 0 Å². The summed E-state index contributed by atoms with van der Waals surface area (Å²) in [6.07, 6.45) is 7.01. The van der Waals surface area contributed by atoms with E-state index in [1.807, 2.05) is 24.3 Å². The molecule has 138 valence electrons. The first-order chi connectivity index (χ1) is 12.8. The van der Waals surface area contributed by atoms with Crippen molar-refractivity contribution in [3.05, 3.63) is 59.2 Å². The van der Waals surface area contributed by atoms with Gasteiger partial charge in [-0.25, -0.2) is 0 Å². The minimum atomic E-state index is 0.552. The third-order valence-corrected chi connectivity index (χ3v) is 4.91. The summed E-state index contributed by atoms with van der Waals surface area (Å²) in [7, 11) is 1.71. The van der Waals surface area contributed by atoms with E-state index in [2.05, 4.69) is 25.1 Å². The molecule has 0 aliphatic carbocycles. The molecule has 3 rings (SSSR count). The number of benzene rings is 2. The fraction of sp³-hybridized carbons (Fsp3) is 0.435. The highest BCUT2D eigenvalue weighted by molar-refractivity contribution is 6.03. The van der Waals surface area contributed by atoms with Crippen LogP contribution in [0, 0.1) is 0 Å². The van der Waals surface area contributed by atoms with E-state index in [-0.39, 0.29) is 0 Å². The highest BCUT2D eigenvalue weighted by atomic mass is 16.5. The van der Waals surface area contributed by atoms with Gasteiger partial charge in [0.15, 0.2) is 11.5 Å². The van der Waals surface area contributed by atoms with E-state index >= 15 is 0 Å². The summed E-state index contributed by atoms with van der Waals surface area (Å²) in [5.41, 5.74) is 4.89. The highest BCUT2D eigenvalue weighted by Gasteiger charge is 2.21. The number of aliphatic imine (C=N–C) groups is 1. The number of unbranched alkanes of at least 4 members (excludes halogenated alkanes) is 3. The molecule has 26 heavy (non-hydrogen) atoms. The number of methoxy groups -OCH3 is 1. The zero-order valence-electron chi connectivity index (χ0n) is 16.0. The van der Waals surface area contributed by atoms with E-state index in [0.717, 1.165) is 36.4 Å². The van der Waals surface area contributed by atoms with Crippen LogP contribution in [0.25, 0.3) is 0 Å². The normalized spacial score (nSPS) is 13.1. The summed E-state index contributed by atoms with van der Waals surface area (Å²) in [5, 5.41) is 0. The Bertz CT molecular complexity index is 737. The Morgan fingerprint density at radius 1 is 1.00 bits per heavy atom. The van der Waals surface area contributed by atoms with Gasteiger partial charge in [-0.15, -0.1) is 0 Å². The third kappa shape index (κ3) is 4.46. The molecule has 3 heteroatoms. The summed E-state index contributed by atoms with van der Waals surface area (Å²) in [6, 6.07) is 14.4. The first-order valence-electron chi connectivity index (χ1n) is 9.73. The van der Waals surface area contributed by atoms with Crippen molar-refractivity contribution in [2.45, 2.75) is 52.1 Å². The number of nitrogens with zero attached hydrogens (tertiary/aromatic N) is 1. The maximum absolute atomic E-state index is 6.22. The second-order valence-corrected chi connectivity index (χ2v) is 6.79. The largest absolute Gasteiger partial charge is 0.493 e. The molecule has 1 aliphatic rings. The van der Waals surface area contributed by atoms with Crippen molar-refractivity contribution in [2.75, 3.05) is 13.7 Å². The molecule has 1 heterocycles. The minimum absolute atomic E-state index is 0.552. The Kier molecular flexibility index (Phi) is 6.70. The molecule has 0 atom stereocenters. The standard InChI is InChI=1S/C23H29NO2/c1-3-4-5-9-12-21-19-13-14-22(25-2)23(20(19)15-16-24-21)26-17-18-10-7-6-8-11-18/h6-8,10-11,13-14H,3-5,9,12,15-17H2,1-2H3. The number of hydrogen-bond acceptors (Lipinski definition) is 3. The van der Waals surface area contributed by atoms with Gasteiger partial charge in [-0.2, -0.15) is 0 Å². The van der Waals surface area contributed by atoms with E-state index in [1.54, 1.807) is 7.11 Å². The third-order valence-electron chi connectivity index (χ3n) is 4.91. The molecule has 0 amide bonds. The minimum Gasteiger partial charge on any atom is -0.493 e. The molecular formula is C23H29NO2. The predicted octanol–water partition coefficient (Wildman–Crippen LogP) is 5.59. The lowest BCUT2D eigenvalue weighted by molar-refractivity contribution is 0.281. The fourth-order valence-corrected chi connectivity index (χ4v) is 3.49.